The molecule has 10 fully saturated rings. The number of aliphatic hydroxyl groups excluding tert-OH is 16. The summed E-state index contributed by atoms with van der Waals surface area (Å²) in [5.41, 5.74) is -5.73. The molecule has 0 aromatic carbocycles. The van der Waals surface area contributed by atoms with E-state index in [1.54, 1.807) is 6.92 Å². The fraction of sp³-hybridized carbons (Fsp3) is 0.955. The summed E-state index contributed by atoms with van der Waals surface area (Å²) in [6.45, 7) is 11.9. The lowest BCUT2D eigenvalue weighted by molar-refractivity contribution is -0.397. The van der Waals surface area contributed by atoms with E-state index in [0.717, 1.165) is 18.4 Å². The largest absolute Gasteiger partial charge is 0.456 e. The molecule has 0 aromatic heterocycles. The number of allylic oxidation sites excluding steroid dienone is 1. The van der Waals surface area contributed by atoms with Crippen LogP contribution in [0.5, 0.6) is 0 Å². The Bertz CT molecular complexity index is 2790. The molecule has 11 rings (SSSR count). The second kappa shape index (κ2) is 30.2. The average Bonchev–Trinajstić information content (AvgIpc) is 1.50. The van der Waals surface area contributed by atoms with E-state index < -0.39 is 262 Å². The number of ether oxygens (including phenoxy) is 15. The molecule has 0 bridgehead atoms. The van der Waals surface area contributed by atoms with Gasteiger partial charge in [-0.15, -0.1) is 0 Å². The van der Waals surface area contributed by atoms with Crippen LogP contribution >= 0.6 is 0 Å². The highest BCUT2D eigenvalue weighted by atomic mass is 16.8. The van der Waals surface area contributed by atoms with Crippen molar-refractivity contribution in [1.82, 2.24) is 0 Å². The second-order valence-electron chi connectivity index (χ2n) is 31.3. The fourth-order valence-electron chi connectivity index (χ4n) is 19.4. The van der Waals surface area contributed by atoms with Crippen LogP contribution in [-0.2, 0) is 75.8 Å². The summed E-state index contributed by atoms with van der Waals surface area (Å²) in [6, 6.07) is 0. The molecule has 4 aliphatic carbocycles. The van der Waals surface area contributed by atoms with Crippen molar-refractivity contribution in [3.8, 4) is 0 Å². The Morgan fingerprint density at radius 2 is 0.990 bits per heavy atom. The van der Waals surface area contributed by atoms with Crippen molar-refractivity contribution in [1.29, 1.82) is 0 Å². The van der Waals surface area contributed by atoms with Crippen molar-refractivity contribution in [3.05, 3.63) is 11.6 Å². The van der Waals surface area contributed by atoms with E-state index in [1.807, 2.05) is 26.8 Å². The van der Waals surface area contributed by atoms with Crippen LogP contribution in [0.3, 0.4) is 0 Å². The van der Waals surface area contributed by atoms with Gasteiger partial charge in [0.25, 0.3) is 0 Å². The van der Waals surface area contributed by atoms with Gasteiger partial charge < -0.3 is 158 Å². The summed E-state index contributed by atoms with van der Waals surface area (Å²) >= 11 is 0. The molecule has 33 heteroatoms. The summed E-state index contributed by atoms with van der Waals surface area (Å²) < 4.78 is 90.0. The van der Waals surface area contributed by atoms with Gasteiger partial charge in [0.2, 0.25) is 0 Å². The van der Waals surface area contributed by atoms with Gasteiger partial charge in [-0.3, -0.25) is 4.79 Å². The number of cyclic esters (lactones) is 1. The van der Waals surface area contributed by atoms with Crippen molar-refractivity contribution in [2.75, 3.05) is 47.3 Å². The molecule has 1 spiro atoms. The van der Waals surface area contributed by atoms with Gasteiger partial charge in [-0.25, -0.2) is 0 Å². The Morgan fingerprint density at radius 3 is 1.49 bits per heavy atom. The van der Waals surface area contributed by atoms with E-state index in [9.17, 15) is 91.6 Å². The van der Waals surface area contributed by atoms with E-state index in [0.29, 0.717) is 44.4 Å². The molecule has 7 heterocycles. The van der Waals surface area contributed by atoms with Gasteiger partial charge in [-0.1, -0.05) is 59.6 Å². The Kier molecular flexibility index (Phi) is 23.9. The van der Waals surface area contributed by atoms with E-state index >= 15 is 0 Å². The van der Waals surface area contributed by atoms with Gasteiger partial charge >= 0.3 is 5.97 Å². The number of carbonyl (C=O) groups is 1. The number of fused-ring (bicyclic) bond motifs is 4. The molecule has 7 aliphatic heterocycles. The van der Waals surface area contributed by atoms with Crippen LogP contribution in [-0.4, -0.2) is 342 Å². The smallest absolute Gasteiger partial charge is 0.319 e. The van der Waals surface area contributed by atoms with E-state index in [1.165, 1.54) is 21.1 Å². The minimum atomic E-state index is -2.10. The Balaban J connectivity index is 0.843. The van der Waals surface area contributed by atoms with Crippen LogP contribution < -0.4 is 0 Å². The number of esters is 1. The second-order valence-corrected chi connectivity index (χ2v) is 31.3. The first-order valence-corrected chi connectivity index (χ1v) is 35.3. The fourth-order valence-corrected chi connectivity index (χ4v) is 19.4. The average molecular weight is 1440 g/mol. The topological polar surface area (TPSA) is 499 Å². The van der Waals surface area contributed by atoms with Crippen LogP contribution in [0.1, 0.15) is 113 Å². The molecule has 3 unspecified atom stereocenters. The zero-order chi connectivity index (χ0) is 73.0. The standard InChI is InChI=1S/C67H110O33/c1-26(2)12-11-16-65(8)66(85)19-18-64(7)28-13-14-35-62(4,5)37(15-17-63(35,6)29(28)20-36(72)67(64,66)61(84)100-65)95-60-54(42(77)34(25-88-60)94-56-47(82)52(40(75)32(23-70)90-56)97-57-45(80)50(86-9)38(73)30(21-68)91-57)99-55-44(79)43(78)49(27(3)89-55)96-59-48(83)53(41(76)33(24-71)93-59)98-58-46(81)51(87-10)39(74)31(22-69)92-58/h20,26-28,30-60,68-83,85H,11-19,21-25H2,1-10H3/t27-,28?,30-,31-,32-,33-,34-,35?,36+,37+,38-,39-,40-,41-,42+,43-,44-,45-,46-,47-,48-,49-,50+,51+,52+,53+,54-,55+,56+,57+,58+,59+,60+,63-,64+,65+,66+,67?/m1/s1. The van der Waals surface area contributed by atoms with E-state index in [2.05, 4.69) is 20.8 Å². The van der Waals surface area contributed by atoms with Crippen LogP contribution in [0.25, 0.3) is 0 Å². The number of carbonyl (C=O) groups excluding carboxylic acids is 1. The molecule has 11 aliphatic rings. The quantitative estimate of drug-likeness (QED) is 0.0274. The van der Waals surface area contributed by atoms with Gasteiger partial charge in [-0.05, 0) is 99.2 Å². The van der Waals surface area contributed by atoms with Gasteiger partial charge in [0.15, 0.2) is 37.7 Å². The highest BCUT2D eigenvalue weighted by molar-refractivity contribution is 5.86. The number of aliphatic hydroxyl groups is 17. The molecule has 0 amide bonds. The third-order valence-corrected chi connectivity index (χ3v) is 25.1. The molecule has 0 radical (unpaired) electrons. The number of hydrogen-bond donors (Lipinski definition) is 17. The molecule has 0 aromatic rings. The van der Waals surface area contributed by atoms with E-state index in [-0.39, 0.29) is 18.3 Å². The van der Waals surface area contributed by atoms with Crippen molar-refractivity contribution >= 4 is 5.97 Å². The lowest BCUT2D eigenvalue weighted by Crippen LogP contribution is -2.68. The highest BCUT2D eigenvalue weighted by Crippen LogP contribution is 2.77. The van der Waals surface area contributed by atoms with Crippen molar-refractivity contribution < 1.29 is 163 Å². The lowest BCUT2D eigenvalue weighted by Gasteiger charge is -2.64. The maximum Gasteiger partial charge on any atom is 0.319 e. The minimum Gasteiger partial charge on any atom is -0.456 e. The molecule has 33 nitrogen and oxygen atoms in total. The van der Waals surface area contributed by atoms with Crippen molar-refractivity contribution in [2.24, 2.45) is 39.4 Å². The lowest BCUT2D eigenvalue weighted by atomic mass is 9.40. The molecule has 7 saturated heterocycles. The van der Waals surface area contributed by atoms with Gasteiger partial charge in [0.05, 0.1) is 51.3 Å². The number of methoxy groups -OCH3 is 2. The normalized spacial score (nSPS) is 53.3. The summed E-state index contributed by atoms with van der Waals surface area (Å²) in [5, 5.41) is 193. The van der Waals surface area contributed by atoms with Crippen LogP contribution in [0.4, 0.5) is 0 Å². The summed E-state index contributed by atoms with van der Waals surface area (Å²) in [7, 11) is 2.35. The first-order valence-electron chi connectivity index (χ1n) is 35.3. The highest BCUT2D eigenvalue weighted by Gasteiger charge is 2.85. The zero-order valence-electron chi connectivity index (χ0n) is 58.2. The van der Waals surface area contributed by atoms with Crippen molar-refractivity contribution in [3.63, 3.8) is 0 Å². The molecule has 100 heavy (non-hydrogen) atoms. The monoisotopic (exact) mass is 1440 g/mol. The molecule has 17 N–H and O–H groups in total. The number of rotatable bonds is 22. The predicted octanol–water partition coefficient (Wildman–Crippen LogP) is -4.92. The van der Waals surface area contributed by atoms with E-state index in [4.69, 9.17) is 71.1 Å². The maximum atomic E-state index is 14.7. The molecular formula is C67H110O33. The Hall–Kier alpha value is -2.03. The third kappa shape index (κ3) is 13.0. The number of hydrogen-bond acceptors (Lipinski definition) is 33. The van der Waals surface area contributed by atoms with Gasteiger partial charge in [0, 0.05) is 14.2 Å². The predicted molar refractivity (Wildman–Crippen MR) is 333 cm³/mol. The Labute approximate surface area is 579 Å². The first-order chi connectivity index (χ1) is 47.1. The zero-order valence-corrected chi connectivity index (χ0v) is 58.2. The molecule has 576 valence electrons. The van der Waals surface area contributed by atoms with Crippen LogP contribution in [0.15, 0.2) is 11.6 Å². The third-order valence-electron chi connectivity index (χ3n) is 25.1. The minimum absolute atomic E-state index is 0.161. The van der Waals surface area contributed by atoms with Gasteiger partial charge in [0.1, 0.15) is 151 Å². The molecular weight excluding hydrogens is 1330 g/mol. The van der Waals surface area contributed by atoms with Gasteiger partial charge in [-0.2, -0.15) is 0 Å². The Morgan fingerprint density at radius 1 is 0.520 bits per heavy atom. The SMILES string of the molecule is CO[C@@H]1[C@@H](O)[C@H](O[C@@H]2[C@@H](O)[C@H](O[C@H]3[C@H](O)[C@@H](O)[C@H](O[C@H]4[C@H](O[C@H]5CC[C@]6(C)C7=C[C@H](O)C89C(=O)O[C@@](C)(CCCC(C)C)[C@@]8(O)CC[C@@]9(C)C7CCC6C5(C)C)OC[C@@H](O[C@@H]5O[C@H](CO)[C@@H](O)[C@H](O[C@@H]6O[C@H](CO)[C@@H](O)[C@H](OC)[C@H]6O)[C@H]5O)[C@@H]4O)O[C@@H]3C)O[C@H](CO)[C@H]2O)O[C@H](CO)[C@H]1O. The maximum absolute atomic E-state index is 14.7. The summed E-state index contributed by atoms with van der Waals surface area (Å²) in [4.78, 5) is 14.7. The molecule has 38 atom stereocenters. The first kappa shape index (κ1) is 79.0. The summed E-state index contributed by atoms with van der Waals surface area (Å²) in [5.74, 6) is -0.568. The van der Waals surface area contributed by atoms with Crippen molar-refractivity contribution in [2.45, 2.75) is 315 Å². The molecule has 3 saturated carbocycles. The summed E-state index contributed by atoms with van der Waals surface area (Å²) in [6.07, 6.45) is -45.0. The van der Waals surface area contributed by atoms with Crippen LogP contribution in [0, 0.1) is 39.4 Å². The van der Waals surface area contributed by atoms with Crippen LogP contribution in [0.2, 0.25) is 0 Å².